The Balaban J connectivity index is 1.77. The number of aromatic nitrogens is 6. The van der Waals surface area contributed by atoms with E-state index >= 15 is 0 Å². The summed E-state index contributed by atoms with van der Waals surface area (Å²) < 4.78 is 4.51. The van der Waals surface area contributed by atoms with Gasteiger partial charge in [0.25, 0.3) is 5.56 Å². The predicted octanol–water partition coefficient (Wildman–Crippen LogP) is 2.31. The Morgan fingerprint density at radius 2 is 1.93 bits per heavy atom. The number of hydrogen-bond donors (Lipinski definition) is 1. The molecule has 1 N–H and O–H groups in total. The Morgan fingerprint density at radius 3 is 2.64 bits per heavy atom. The van der Waals surface area contributed by atoms with E-state index in [9.17, 15) is 9.59 Å². The van der Waals surface area contributed by atoms with E-state index in [-0.39, 0.29) is 17.3 Å². The van der Waals surface area contributed by atoms with Crippen LogP contribution in [0.2, 0.25) is 0 Å². The van der Waals surface area contributed by atoms with Gasteiger partial charge in [-0.05, 0) is 18.9 Å². The lowest BCUT2D eigenvalue weighted by Crippen LogP contribution is -2.40. The van der Waals surface area contributed by atoms with Crippen LogP contribution in [-0.4, -0.2) is 28.9 Å². The highest BCUT2D eigenvalue weighted by molar-refractivity contribution is 5.75. The summed E-state index contributed by atoms with van der Waals surface area (Å²) in [5.74, 6) is 0.517. The highest BCUT2D eigenvalue weighted by Crippen LogP contribution is 2.18. The molecule has 0 aliphatic heterocycles. The summed E-state index contributed by atoms with van der Waals surface area (Å²) in [7, 11) is 1.63. The lowest BCUT2D eigenvalue weighted by molar-refractivity contribution is 0.480. The van der Waals surface area contributed by atoms with Crippen LogP contribution in [0.1, 0.15) is 31.9 Å². The summed E-state index contributed by atoms with van der Waals surface area (Å²) in [4.78, 5) is 33.0. The van der Waals surface area contributed by atoms with E-state index in [4.69, 9.17) is 0 Å². The van der Waals surface area contributed by atoms with E-state index in [0.29, 0.717) is 30.0 Å². The van der Waals surface area contributed by atoms with E-state index in [1.54, 1.807) is 13.2 Å². The van der Waals surface area contributed by atoms with Crippen LogP contribution in [0.3, 0.4) is 0 Å². The van der Waals surface area contributed by atoms with Crippen LogP contribution in [0.25, 0.3) is 22.6 Å². The van der Waals surface area contributed by atoms with E-state index in [2.05, 4.69) is 15.1 Å². The van der Waals surface area contributed by atoms with Gasteiger partial charge in [0.05, 0.1) is 18.3 Å². The molecular formula is C20H22N6O2. The average Bonchev–Trinajstić information content (AvgIpc) is 3.34. The Morgan fingerprint density at radius 1 is 1.18 bits per heavy atom. The molecule has 1 atom stereocenters. The van der Waals surface area contributed by atoms with E-state index in [1.807, 2.05) is 55.1 Å². The van der Waals surface area contributed by atoms with Crippen LogP contribution in [0.4, 0.5) is 0 Å². The Hall–Kier alpha value is -3.42. The first-order valence-corrected chi connectivity index (χ1v) is 9.27. The minimum absolute atomic E-state index is 0.184. The zero-order chi connectivity index (χ0) is 19.8. The summed E-state index contributed by atoms with van der Waals surface area (Å²) in [6.45, 7) is 4.44. The molecule has 28 heavy (non-hydrogen) atoms. The number of nitrogens with one attached hydrogen (secondary N) is 1. The van der Waals surface area contributed by atoms with Crippen LogP contribution in [-0.2, 0) is 13.6 Å². The second-order valence-electron chi connectivity index (χ2n) is 6.97. The van der Waals surface area contributed by atoms with Gasteiger partial charge in [-0.15, -0.1) is 0 Å². The molecule has 0 saturated carbocycles. The second-order valence-corrected chi connectivity index (χ2v) is 6.97. The number of aromatic amines is 1. The normalized spacial score (nSPS) is 12.5. The highest BCUT2D eigenvalue weighted by atomic mass is 16.2. The first-order chi connectivity index (χ1) is 13.5. The first kappa shape index (κ1) is 18.0. The molecule has 4 aromatic rings. The van der Waals surface area contributed by atoms with Crippen molar-refractivity contribution in [3.8, 4) is 11.4 Å². The maximum Gasteiger partial charge on any atom is 0.332 e. The van der Waals surface area contributed by atoms with Crippen molar-refractivity contribution in [2.75, 3.05) is 0 Å². The van der Waals surface area contributed by atoms with Gasteiger partial charge in [0.2, 0.25) is 0 Å². The van der Waals surface area contributed by atoms with Crippen molar-refractivity contribution in [3.05, 3.63) is 69.1 Å². The molecule has 0 aliphatic carbocycles. The minimum atomic E-state index is -0.357. The van der Waals surface area contributed by atoms with Crippen molar-refractivity contribution < 1.29 is 0 Å². The molecule has 4 rings (SSSR count). The third-order valence-corrected chi connectivity index (χ3v) is 5.05. The molecular weight excluding hydrogens is 356 g/mol. The zero-order valence-electron chi connectivity index (χ0n) is 16.1. The molecule has 8 heteroatoms. The van der Waals surface area contributed by atoms with Gasteiger partial charge < -0.3 is 4.98 Å². The molecule has 0 bridgehead atoms. The van der Waals surface area contributed by atoms with Gasteiger partial charge in [0, 0.05) is 19.3 Å². The number of benzene rings is 1. The van der Waals surface area contributed by atoms with Crippen molar-refractivity contribution in [2.45, 2.75) is 32.9 Å². The van der Waals surface area contributed by atoms with Crippen molar-refractivity contribution >= 4 is 11.2 Å². The number of imidazole rings is 1. The van der Waals surface area contributed by atoms with Gasteiger partial charge in [0.15, 0.2) is 5.65 Å². The number of hydrogen-bond acceptors (Lipinski definition) is 4. The van der Waals surface area contributed by atoms with E-state index < -0.39 is 0 Å². The molecule has 3 heterocycles. The number of aryl methyl sites for hydroxylation is 1. The summed E-state index contributed by atoms with van der Waals surface area (Å²) in [5, 5.41) is 4.38. The highest BCUT2D eigenvalue weighted by Gasteiger charge is 2.19. The van der Waals surface area contributed by atoms with Gasteiger partial charge >= 0.3 is 5.69 Å². The molecule has 3 aromatic heterocycles. The van der Waals surface area contributed by atoms with Gasteiger partial charge in [0.1, 0.15) is 11.3 Å². The van der Waals surface area contributed by atoms with Crippen LogP contribution in [0.15, 0.2) is 52.3 Å². The van der Waals surface area contributed by atoms with E-state index in [1.165, 1.54) is 9.13 Å². The maximum atomic E-state index is 12.9. The SMILES string of the molecule is CCC(C)n1c(=O)c2[nH]c(-c3cnn(Cc4ccccc4)c3)nc2n(C)c1=O. The fourth-order valence-corrected chi connectivity index (χ4v) is 3.27. The van der Waals surface area contributed by atoms with Crippen LogP contribution >= 0.6 is 0 Å². The Kier molecular flexibility index (Phi) is 4.46. The molecule has 0 fully saturated rings. The van der Waals surface area contributed by atoms with E-state index in [0.717, 1.165) is 11.1 Å². The number of nitrogens with zero attached hydrogens (tertiary/aromatic N) is 5. The van der Waals surface area contributed by atoms with Crippen molar-refractivity contribution in [1.82, 2.24) is 28.9 Å². The van der Waals surface area contributed by atoms with Crippen molar-refractivity contribution in [2.24, 2.45) is 7.05 Å². The lowest BCUT2D eigenvalue weighted by atomic mass is 10.2. The van der Waals surface area contributed by atoms with Gasteiger partial charge in [-0.2, -0.15) is 5.10 Å². The van der Waals surface area contributed by atoms with Crippen LogP contribution < -0.4 is 11.2 Å². The third kappa shape index (κ3) is 2.96. The number of fused-ring (bicyclic) bond motifs is 1. The Labute approximate surface area is 161 Å². The van der Waals surface area contributed by atoms with Crippen molar-refractivity contribution in [3.63, 3.8) is 0 Å². The molecule has 0 radical (unpaired) electrons. The fraction of sp³-hybridized carbons (Fsp3) is 0.300. The average molecular weight is 378 g/mol. The number of rotatable bonds is 5. The topological polar surface area (TPSA) is 90.5 Å². The summed E-state index contributed by atoms with van der Waals surface area (Å²) in [6.07, 6.45) is 4.26. The molecule has 0 amide bonds. The quantitative estimate of drug-likeness (QED) is 0.577. The summed E-state index contributed by atoms with van der Waals surface area (Å²) in [5.41, 5.74) is 1.87. The van der Waals surface area contributed by atoms with Gasteiger partial charge in [-0.1, -0.05) is 37.3 Å². The van der Waals surface area contributed by atoms with Crippen LogP contribution in [0.5, 0.6) is 0 Å². The van der Waals surface area contributed by atoms with Crippen LogP contribution in [0, 0.1) is 0 Å². The predicted molar refractivity (Wildman–Crippen MR) is 107 cm³/mol. The molecule has 1 unspecified atom stereocenters. The smallest absolute Gasteiger partial charge is 0.332 e. The molecule has 0 spiro atoms. The molecule has 1 aromatic carbocycles. The summed E-state index contributed by atoms with van der Waals surface area (Å²) in [6, 6.07) is 9.84. The second kappa shape index (κ2) is 6.95. The molecule has 8 nitrogen and oxygen atoms in total. The lowest BCUT2D eigenvalue weighted by Gasteiger charge is -2.13. The van der Waals surface area contributed by atoms with Gasteiger partial charge in [-0.3, -0.25) is 18.6 Å². The van der Waals surface area contributed by atoms with Crippen molar-refractivity contribution in [1.29, 1.82) is 0 Å². The first-order valence-electron chi connectivity index (χ1n) is 9.27. The van der Waals surface area contributed by atoms with Gasteiger partial charge in [-0.25, -0.2) is 9.78 Å². The molecule has 0 aliphatic rings. The monoisotopic (exact) mass is 378 g/mol. The summed E-state index contributed by atoms with van der Waals surface area (Å²) >= 11 is 0. The number of H-pyrrole nitrogens is 1. The minimum Gasteiger partial charge on any atom is -0.332 e. The maximum absolute atomic E-state index is 12.9. The molecule has 0 saturated heterocycles. The Bertz CT molecular complexity index is 1250. The third-order valence-electron chi connectivity index (χ3n) is 5.05. The fourth-order valence-electron chi connectivity index (χ4n) is 3.27. The molecule has 144 valence electrons. The largest absolute Gasteiger partial charge is 0.332 e. The zero-order valence-corrected chi connectivity index (χ0v) is 16.1. The standard InChI is InChI=1S/C20H22N6O2/c1-4-13(2)26-19(27)16-18(24(3)20(26)28)23-17(22-16)15-10-21-25(12-15)11-14-8-6-5-7-9-14/h5-10,12-13H,4,11H2,1-3H3,(H,22,23).